The van der Waals surface area contributed by atoms with E-state index in [2.05, 4.69) is 23.2 Å². The van der Waals surface area contributed by atoms with Crippen LogP contribution in [0.4, 0.5) is 10.5 Å². The number of β-amino-alcohol motifs (C(OH)–C–C–N with tert-alkyl or cyclic N) is 1. The molecule has 8 heteroatoms. The summed E-state index contributed by atoms with van der Waals surface area (Å²) in [5.74, 6) is 2.25. The van der Waals surface area contributed by atoms with Gasteiger partial charge >= 0.3 is 6.03 Å². The molecule has 0 aromatic heterocycles. The number of anilines is 1. The summed E-state index contributed by atoms with van der Waals surface area (Å²) < 4.78 is 11.4. The van der Waals surface area contributed by atoms with Crippen molar-refractivity contribution in [2.24, 2.45) is 11.8 Å². The van der Waals surface area contributed by atoms with Crippen LogP contribution in [-0.2, 0) is 0 Å². The molecule has 2 saturated heterocycles. The lowest BCUT2D eigenvalue weighted by molar-refractivity contribution is 0.0105. The lowest BCUT2D eigenvalue weighted by atomic mass is 9.84. The van der Waals surface area contributed by atoms with Gasteiger partial charge in [-0.1, -0.05) is 13.3 Å². The molecule has 2 fully saturated rings. The first kappa shape index (κ1) is 25.8. The number of ether oxygens (including phenoxy) is 2. The summed E-state index contributed by atoms with van der Waals surface area (Å²) >= 11 is 0. The molecule has 0 radical (unpaired) electrons. The molecule has 2 amide bonds. The zero-order chi connectivity index (χ0) is 25.3. The van der Waals surface area contributed by atoms with E-state index in [1.807, 2.05) is 29.2 Å². The van der Waals surface area contributed by atoms with E-state index in [0.717, 1.165) is 56.9 Å². The lowest BCUT2D eigenvalue weighted by Crippen LogP contribution is -2.56. The highest BCUT2D eigenvalue weighted by Gasteiger charge is 2.36. The summed E-state index contributed by atoms with van der Waals surface area (Å²) in [5.41, 5.74) is 1.35. The highest BCUT2D eigenvalue weighted by molar-refractivity contribution is 5.89. The number of nitrogens with zero attached hydrogens (tertiary/aromatic N) is 3. The number of aliphatic hydroxyl groups excluding tert-OH is 1. The number of nitriles is 1. The number of piperidine rings is 2. The van der Waals surface area contributed by atoms with Crippen molar-refractivity contribution in [3.63, 3.8) is 0 Å². The zero-order valence-corrected chi connectivity index (χ0v) is 20.9. The van der Waals surface area contributed by atoms with Crippen LogP contribution in [0, 0.1) is 23.2 Å². The number of rotatable bonds is 10. The van der Waals surface area contributed by atoms with Gasteiger partial charge in [0.15, 0.2) is 0 Å². The molecule has 2 aliphatic rings. The molecular formula is C28H36N4O4. The second-order valence-electron chi connectivity index (χ2n) is 9.85. The van der Waals surface area contributed by atoms with Gasteiger partial charge < -0.3 is 24.8 Å². The Labute approximate surface area is 213 Å². The van der Waals surface area contributed by atoms with Crippen molar-refractivity contribution in [1.29, 1.82) is 5.26 Å². The Balaban J connectivity index is 1.20. The molecule has 8 nitrogen and oxygen atoms in total. The van der Waals surface area contributed by atoms with Crippen LogP contribution in [0.1, 0.15) is 31.7 Å². The number of fused-ring (bicyclic) bond motifs is 2. The quantitative estimate of drug-likeness (QED) is 0.487. The van der Waals surface area contributed by atoms with Crippen LogP contribution in [0.3, 0.4) is 0 Å². The van der Waals surface area contributed by atoms with E-state index < -0.39 is 6.10 Å². The fourth-order valence-electron chi connectivity index (χ4n) is 5.04. The highest BCUT2D eigenvalue weighted by Crippen LogP contribution is 2.29. The van der Waals surface area contributed by atoms with Crippen molar-refractivity contribution in [2.75, 3.05) is 51.3 Å². The number of likely N-dealkylation sites (tertiary alicyclic amines) is 2. The first-order valence-electron chi connectivity index (χ1n) is 12.8. The number of carbonyl (C=O) groups is 1. The van der Waals surface area contributed by atoms with Crippen molar-refractivity contribution in [1.82, 2.24) is 9.80 Å². The number of hydrogen-bond donors (Lipinski definition) is 2. The topological polar surface area (TPSA) is 98.1 Å². The van der Waals surface area contributed by atoms with Gasteiger partial charge in [0.05, 0.1) is 18.2 Å². The number of amides is 2. The lowest BCUT2D eigenvalue weighted by Gasteiger charge is -2.46. The van der Waals surface area contributed by atoms with Crippen LogP contribution in [0.15, 0.2) is 48.5 Å². The fourth-order valence-corrected chi connectivity index (χ4v) is 5.04. The summed E-state index contributed by atoms with van der Waals surface area (Å²) in [4.78, 5) is 17.1. The van der Waals surface area contributed by atoms with Gasteiger partial charge in [0, 0.05) is 38.4 Å². The van der Waals surface area contributed by atoms with E-state index >= 15 is 0 Å². The summed E-state index contributed by atoms with van der Waals surface area (Å²) in [6, 6.07) is 16.5. The van der Waals surface area contributed by atoms with Crippen LogP contribution in [0.2, 0.25) is 0 Å². The standard InChI is InChI=1S/C28H36N4O4/c1-2-3-12-35-26-10-6-24(7-11-26)30-28(34)32-17-22-13-23(18-32)16-31(15-22)19-25(33)20-36-27-8-4-21(14-29)5-9-27/h4-11,22-23,25,33H,2-3,12-13,15-20H2,1H3,(H,30,34). The van der Waals surface area contributed by atoms with Gasteiger partial charge in [-0.15, -0.1) is 0 Å². The number of urea groups is 1. The third kappa shape index (κ3) is 7.36. The maximum atomic E-state index is 12.9. The first-order chi connectivity index (χ1) is 17.5. The van der Waals surface area contributed by atoms with Crippen LogP contribution in [-0.4, -0.2) is 73.0 Å². The molecule has 0 aliphatic carbocycles. The molecule has 2 bridgehead atoms. The SMILES string of the molecule is CCCCOc1ccc(NC(=O)N2CC3CC(CN(CC(O)COc4ccc(C#N)cc4)C3)C2)cc1. The number of unbranched alkanes of at least 4 members (excludes halogenated alkanes) is 1. The van der Waals surface area contributed by atoms with Crippen molar-refractivity contribution in [3.05, 3.63) is 54.1 Å². The molecule has 2 aliphatic heterocycles. The fraction of sp³-hybridized carbons (Fsp3) is 0.500. The molecule has 36 heavy (non-hydrogen) atoms. The average Bonchev–Trinajstić information content (AvgIpc) is 2.88. The third-order valence-corrected chi connectivity index (χ3v) is 6.71. The Bertz CT molecular complexity index is 1010. The smallest absolute Gasteiger partial charge is 0.321 e. The van der Waals surface area contributed by atoms with E-state index in [0.29, 0.717) is 36.3 Å². The van der Waals surface area contributed by atoms with Gasteiger partial charge in [-0.05, 0) is 73.2 Å². The largest absolute Gasteiger partial charge is 0.494 e. The van der Waals surface area contributed by atoms with Crippen LogP contribution >= 0.6 is 0 Å². The van der Waals surface area contributed by atoms with Crippen LogP contribution in [0.25, 0.3) is 0 Å². The summed E-state index contributed by atoms with van der Waals surface area (Å²) in [7, 11) is 0. The molecule has 4 rings (SSSR count). The van der Waals surface area contributed by atoms with E-state index in [4.69, 9.17) is 14.7 Å². The molecule has 3 atom stereocenters. The Morgan fingerprint density at radius 1 is 1.06 bits per heavy atom. The minimum atomic E-state index is -0.604. The van der Waals surface area contributed by atoms with Gasteiger partial charge in [-0.2, -0.15) is 5.26 Å². The van der Waals surface area contributed by atoms with Crippen molar-refractivity contribution < 1.29 is 19.4 Å². The minimum Gasteiger partial charge on any atom is -0.494 e. The molecule has 3 unspecified atom stereocenters. The Hall–Kier alpha value is -3.28. The molecule has 2 aromatic rings. The van der Waals surface area contributed by atoms with Crippen molar-refractivity contribution in [2.45, 2.75) is 32.3 Å². The zero-order valence-electron chi connectivity index (χ0n) is 20.9. The van der Waals surface area contributed by atoms with Gasteiger partial charge in [0.25, 0.3) is 0 Å². The molecule has 0 saturated carbocycles. The summed E-state index contributed by atoms with van der Waals surface area (Å²) in [6.45, 7) is 6.74. The highest BCUT2D eigenvalue weighted by atomic mass is 16.5. The van der Waals surface area contributed by atoms with E-state index in [9.17, 15) is 9.90 Å². The summed E-state index contributed by atoms with van der Waals surface area (Å²) in [5, 5.41) is 22.4. The molecule has 2 aromatic carbocycles. The maximum absolute atomic E-state index is 12.9. The number of carbonyl (C=O) groups excluding carboxylic acids is 1. The van der Waals surface area contributed by atoms with E-state index in [1.54, 1.807) is 24.3 Å². The predicted octanol–water partition coefficient (Wildman–Crippen LogP) is 3.96. The van der Waals surface area contributed by atoms with Gasteiger partial charge in [-0.25, -0.2) is 4.79 Å². The Morgan fingerprint density at radius 2 is 1.69 bits per heavy atom. The Kier molecular flexibility index (Phi) is 9.04. The molecular weight excluding hydrogens is 456 g/mol. The van der Waals surface area contributed by atoms with Gasteiger partial charge in [0.2, 0.25) is 0 Å². The van der Waals surface area contributed by atoms with Crippen molar-refractivity contribution in [3.8, 4) is 17.6 Å². The second kappa shape index (κ2) is 12.6. The predicted molar refractivity (Wildman–Crippen MR) is 138 cm³/mol. The Morgan fingerprint density at radius 3 is 2.33 bits per heavy atom. The minimum absolute atomic E-state index is 0.0614. The third-order valence-electron chi connectivity index (χ3n) is 6.71. The molecule has 2 heterocycles. The van der Waals surface area contributed by atoms with E-state index in [-0.39, 0.29) is 12.6 Å². The first-order valence-corrected chi connectivity index (χ1v) is 12.8. The van der Waals surface area contributed by atoms with Crippen molar-refractivity contribution >= 4 is 11.7 Å². The molecule has 192 valence electrons. The number of nitrogens with one attached hydrogen (secondary N) is 1. The van der Waals surface area contributed by atoms with E-state index in [1.165, 1.54) is 0 Å². The van der Waals surface area contributed by atoms with Gasteiger partial charge in [0.1, 0.15) is 24.2 Å². The van der Waals surface area contributed by atoms with Crippen LogP contribution < -0.4 is 14.8 Å². The average molecular weight is 493 g/mol. The molecule has 2 N–H and O–H groups in total. The number of aliphatic hydroxyl groups is 1. The number of benzene rings is 2. The maximum Gasteiger partial charge on any atom is 0.321 e. The normalized spacial score (nSPS) is 20.3. The molecule has 0 spiro atoms. The van der Waals surface area contributed by atoms with Gasteiger partial charge in [-0.3, -0.25) is 4.90 Å². The monoisotopic (exact) mass is 492 g/mol. The summed E-state index contributed by atoms with van der Waals surface area (Å²) in [6.07, 6.45) is 2.63. The number of hydrogen-bond acceptors (Lipinski definition) is 6. The van der Waals surface area contributed by atoms with Crippen LogP contribution in [0.5, 0.6) is 11.5 Å². The second-order valence-corrected chi connectivity index (χ2v) is 9.85.